The maximum atomic E-state index is 11.6. The molecule has 2 heteroatoms. The van der Waals surface area contributed by atoms with E-state index in [2.05, 4.69) is 18.9 Å². The number of hydrogen-bond acceptors (Lipinski definition) is 2. The van der Waals surface area contributed by atoms with Gasteiger partial charge in [-0.05, 0) is 44.6 Å². The molecule has 0 aromatic rings. The molecule has 0 saturated heterocycles. The van der Waals surface area contributed by atoms with Crippen LogP contribution in [0.25, 0.3) is 0 Å². The summed E-state index contributed by atoms with van der Waals surface area (Å²) in [6.45, 7) is 4.48. The predicted molar refractivity (Wildman–Crippen MR) is 75.6 cm³/mol. The third-order valence-electron chi connectivity index (χ3n) is 5.01. The fourth-order valence-electron chi connectivity index (χ4n) is 4.22. The van der Waals surface area contributed by atoms with Crippen molar-refractivity contribution in [3.05, 3.63) is 0 Å². The molecular formula is C16H29NO. The Morgan fingerprint density at radius 2 is 1.94 bits per heavy atom. The summed E-state index contributed by atoms with van der Waals surface area (Å²) in [5, 5.41) is 0. The molecule has 18 heavy (non-hydrogen) atoms. The van der Waals surface area contributed by atoms with Gasteiger partial charge in [-0.1, -0.05) is 32.6 Å². The number of carbonyl (C=O) groups is 1. The summed E-state index contributed by atoms with van der Waals surface area (Å²) in [6.07, 6.45) is 11.6. The number of nitrogens with zero attached hydrogens (tertiary/aromatic N) is 1. The first-order valence-corrected chi connectivity index (χ1v) is 7.78. The van der Waals surface area contributed by atoms with Crippen LogP contribution in [-0.4, -0.2) is 31.3 Å². The van der Waals surface area contributed by atoms with Gasteiger partial charge in [-0.2, -0.15) is 0 Å². The predicted octanol–water partition coefficient (Wildman–Crippen LogP) is 3.50. The van der Waals surface area contributed by atoms with Gasteiger partial charge in [-0.3, -0.25) is 0 Å². The Bertz CT molecular complexity index is 272. The molecule has 2 atom stereocenters. The van der Waals surface area contributed by atoms with E-state index in [0.717, 1.165) is 31.2 Å². The molecule has 104 valence electrons. The van der Waals surface area contributed by atoms with E-state index in [9.17, 15) is 4.79 Å². The average Bonchev–Trinajstić information content (AvgIpc) is 2.81. The van der Waals surface area contributed by atoms with Crippen molar-refractivity contribution in [3.8, 4) is 0 Å². The molecule has 2 aliphatic carbocycles. The fourth-order valence-corrected chi connectivity index (χ4v) is 4.22. The van der Waals surface area contributed by atoms with Gasteiger partial charge in [0.15, 0.2) is 0 Å². The Hall–Kier alpha value is -0.370. The highest BCUT2D eigenvalue weighted by atomic mass is 16.1. The van der Waals surface area contributed by atoms with Gasteiger partial charge in [0.25, 0.3) is 0 Å². The monoisotopic (exact) mass is 251 g/mol. The average molecular weight is 251 g/mol. The van der Waals surface area contributed by atoms with Crippen molar-refractivity contribution < 1.29 is 4.79 Å². The van der Waals surface area contributed by atoms with Crippen molar-refractivity contribution in [2.75, 3.05) is 20.1 Å². The molecular weight excluding hydrogens is 222 g/mol. The van der Waals surface area contributed by atoms with E-state index < -0.39 is 0 Å². The van der Waals surface area contributed by atoms with E-state index in [1.54, 1.807) is 0 Å². The van der Waals surface area contributed by atoms with E-state index in [1.165, 1.54) is 51.4 Å². The third kappa shape index (κ3) is 3.57. The lowest BCUT2D eigenvalue weighted by Crippen LogP contribution is -2.41. The van der Waals surface area contributed by atoms with Crippen molar-refractivity contribution in [1.29, 1.82) is 0 Å². The van der Waals surface area contributed by atoms with Gasteiger partial charge < -0.3 is 9.69 Å². The van der Waals surface area contributed by atoms with Crippen molar-refractivity contribution in [1.82, 2.24) is 4.90 Å². The van der Waals surface area contributed by atoms with E-state index in [4.69, 9.17) is 0 Å². The molecule has 2 rings (SSSR count). The molecule has 2 saturated carbocycles. The van der Waals surface area contributed by atoms with Gasteiger partial charge in [0.2, 0.25) is 0 Å². The zero-order valence-corrected chi connectivity index (χ0v) is 12.2. The van der Waals surface area contributed by atoms with E-state index >= 15 is 0 Å². The molecule has 0 N–H and O–H groups in total. The van der Waals surface area contributed by atoms with Gasteiger partial charge in [0.1, 0.15) is 6.29 Å². The van der Waals surface area contributed by atoms with Crippen LogP contribution in [0.4, 0.5) is 0 Å². The lowest BCUT2D eigenvalue weighted by molar-refractivity contribution is -0.119. The SMILES string of the molecule is CC1CCCC(C=O)(CN(C)CC2CCCC2)C1. The molecule has 0 bridgehead atoms. The van der Waals surface area contributed by atoms with Crippen LogP contribution < -0.4 is 0 Å². The van der Waals surface area contributed by atoms with E-state index in [-0.39, 0.29) is 5.41 Å². The summed E-state index contributed by atoms with van der Waals surface area (Å²) in [7, 11) is 2.21. The number of rotatable bonds is 5. The second-order valence-electron chi connectivity index (χ2n) is 7.03. The second kappa shape index (κ2) is 6.18. The minimum absolute atomic E-state index is 0.0367. The maximum Gasteiger partial charge on any atom is 0.127 e. The highest BCUT2D eigenvalue weighted by Crippen LogP contribution is 2.38. The van der Waals surface area contributed by atoms with Gasteiger partial charge >= 0.3 is 0 Å². The highest BCUT2D eigenvalue weighted by Gasteiger charge is 2.36. The lowest BCUT2D eigenvalue weighted by Gasteiger charge is -2.38. The summed E-state index contributed by atoms with van der Waals surface area (Å²) in [6, 6.07) is 0. The quantitative estimate of drug-likeness (QED) is 0.697. The number of aldehydes is 1. The molecule has 2 fully saturated rings. The topological polar surface area (TPSA) is 20.3 Å². The molecule has 0 aliphatic heterocycles. The summed E-state index contributed by atoms with van der Waals surface area (Å²) >= 11 is 0. The summed E-state index contributed by atoms with van der Waals surface area (Å²) in [5.74, 6) is 1.61. The molecule has 2 nitrogen and oxygen atoms in total. The van der Waals surface area contributed by atoms with Crippen LogP contribution in [0.15, 0.2) is 0 Å². The molecule has 0 radical (unpaired) electrons. The lowest BCUT2D eigenvalue weighted by atomic mass is 9.70. The van der Waals surface area contributed by atoms with E-state index in [1.807, 2.05) is 0 Å². The first-order chi connectivity index (χ1) is 8.63. The number of carbonyl (C=O) groups excluding carboxylic acids is 1. The molecule has 0 heterocycles. The van der Waals surface area contributed by atoms with Crippen LogP contribution in [0.2, 0.25) is 0 Å². The van der Waals surface area contributed by atoms with Crippen LogP contribution in [0, 0.1) is 17.3 Å². The minimum Gasteiger partial charge on any atom is -0.305 e. The Morgan fingerprint density at radius 1 is 1.22 bits per heavy atom. The van der Waals surface area contributed by atoms with Crippen LogP contribution in [0.1, 0.15) is 58.3 Å². The van der Waals surface area contributed by atoms with Crippen molar-refractivity contribution in [2.45, 2.75) is 58.3 Å². The normalized spacial score (nSPS) is 34.1. The molecule has 0 amide bonds. The Morgan fingerprint density at radius 3 is 2.56 bits per heavy atom. The van der Waals surface area contributed by atoms with Gasteiger partial charge in [-0.15, -0.1) is 0 Å². The van der Waals surface area contributed by atoms with Crippen molar-refractivity contribution >= 4 is 6.29 Å². The standard InChI is InChI=1S/C16H29NO/c1-14-6-5-9-16(10-14,13-18)12-17(2)11-15-7-3-4-8-15/h13-15H,3-12H2,1-2H3. The van der Waals surface area contributed by atoms with Crippen LogP contribution in [0.3, 0.4) is 0 Å². The van der Waals surface area contributed by atoms with Crippen LogP contribution in [0.5, 0.6) is 0 Å². The summed E-state index contributed by atoms with van der Waals surface area (Å²) < 4.78 is 0. The minimum atomic E-state index is -0.0367. The largest absolute Gasteiger partial charge is 0.305 e. The molecule has 2 aliphatic rings. The smallest absolute Gasteiger partial charge is 0.127 e. The molecule has 0 spiro atoms. The van der Waals surface area contributed by atoms with Crippen molar-refractivity contribution in [3.63, 3.8) is 0 Å². The second-order valence-corrected chi connectivity index (χ2v) is 7.03. The van der Waals surface area contributed by atoms with Gasteiger partial charge in [0, 0.05) is 18.5 Å². The molecule has 0 aromatic carbocycles. The summed E-state index contributed by atoms with van der Waals surface area (Å²) in [4.78, 5) is 14.0. The first-order valence-electron chi connectivity index (χ1n) is 7.78. The Kier molecular flexibility index (Phi) is 4.83. The maximum absolute atomic E-state index is 11.6. The van der Waals surface area contributed by atoms with Gasteiger partial charge in [-0.25, -0.2) is 0 Å². The fraction of sp³-hybridized carbons (Fsp3) is 0.938. The van der Waals surface area contributed by atoms with Crippen molar-refractivity contribution in [2.24, 2.45) is 17.3 Å². The zero-order chi connectivity index (χ0) is 13.0. The Labute approximate surface area is 112 Å². The summed E-state index contributed by atoms with van der Waals surface area (Å²) in [5.41, 5.74) is -0.0367. The van der Waals surface area contributed by atoms with Crippen LogP contribution >= 0.6 is 0 Å². The van der Waals surface area contributed by atoms with E-state index in [0.29, 0.717) is 0 Å². The third-order valence-corrected chi connectivity index (χ3v) is 5.01. The van der Waals surface area contributed by atoms with Gasteiger partial charge in [0.05, 0.1) is 0 Å². The van der Waals surface area contributed by atoms with Crippen LogP contribution in [-0.2, 0) is 4.79 Å². The molecule has 2 unspecified atom stereocenters. The first kappa shape index (κ1) is 14.0. The zero-order valence-electron chi connectivity index (χ0n) is 12.2. The highest BCUT2D eigenvalue weighted by molar-refractivity contribution is 5.60. The number of hydrogen-bond donors (Lipinski definition) is 0. The Balaban J connectivity index is 1.86. The molecule has 0 aromatic heterocycles.